The van der Waals surface area contributed by atoms with Crippen molar-refractivity contribution in [2.75, 3.05) is 11.5 Å². The van der Waals surface area contributed by atoms with Crippen molar-refractivity contribution in [3.05, 3.63) is 25.3 Å². The van der Waals surface area contributed by atoms with Gasteiger partial charge in [0.1, 0.15) is 0 Å². The van der Waals surface area contributed by atoms with E-state index in [2.05, 4.69) is 13.2 Å². The summed E-state index contributed by atoms with van der Waals surface area (Å²) in [4.78, 5) is 21.6. The van der Waals surface area contributed by atoms with E-state index >= 15 is 0 Å². The molecule has 84 valence electrons. The van der Waals surface area contributed by atoms with Gasteiger partial charge in [0, 0.05) is 12.8 Å². The predicted molar refractivity (Wildman–Crippen MR) is 58.3 cm³/mol. The Balaban J connectivity index is 4.08. The Kier molecular flexibility index (Phi) is 5.77. The summed E-state index contributed by atoms with van der Waals surface area (Å²) >= 11 is 0. The fourth-order valence-electron chi connectivity index (χ4n) is 0.818. The van der Waals surface area contributed by atoms with Gasteiger partial charge >= 0.3 is 0 Å². The van der Waals surface area contributed by atoms with E-state index in [0.29, 0.717) is 0 Å². The quantitative estimate of drug-likeness (QED) is 0.575. The lowest BCUT2D eigenvalue weighted by molar-refractivity contribution is -0.114. The lowest BCUT2D eigenvalue weighted by atomic mass is 10.3. The Morgan fingerprint density at radius 2 is 1.27 bits per heavy atom. The van der Waals surface area contributed by atoms with Crippen LogP contribution in [0.1, 0.15) is 12.8 Å². The van der Waals surface area contributed by atoms with Gasteiger partial charge in [-0.3, -0.25) is 9.59 Å². The molecule has 0 N–H and O–H groups in total. The Morgan fingerprint density at radius 3 is 1.53 bits per heavy atom. The van der Waals surface area contributed by atoms with E-state index in [4.69, 9.17) is 0 Å². The molecule has 0 heterocycles. The maximum atomic E-state index is 11.3. The molecule has 15 heavy (non-hydrogen) atoms. The molecule has 0 aliphatic rings. The van der Waals surface area contributed by atoms with E-state index in [0.717, 1.165) is 12.2 Å². The van der Waals surface area contributed by atoms with Gasteiger partial charge in [-0.25, -0.2) is 8.42 Å². The zero-order valence-corrected chi connectivity index (χ0v) is 9.26. The number of hydrogen-bond acceptors (Lipinski definition) is 4. The molecule has 0 aliphatic heterocycles. The largest absolute Gasteiger partial charge is 0.295 e. The Morgan fingerprint density at radius 1 is 0.933 bits per heavy atom. The number of allylic oxidation sites excluding steroid dienone is 2. The fraction of sp³-hybridized carbons (Fsp3) is 0.400. The van der Waals surface area contributed by atoms with Gasteiger partial charge in [-0.15, -0.1) is 0 Å². The first-order valence-electron chi connectivity index (χ1n) is 4.42. The standard InChI is InChI=1S/C10H14O4S/c1-3-9(11)5-7-15(13,14)8-6-10(12)4-2/h3-4H,1-2,5-8H2. The van der Waals surface area contributed by atoms with Gasteiger partial charge in [-0.1, -0.05) is 13.2 Å². The molecule has 0 aromatic rings. The summed E-state index contributed by atoms with van der Waals surface area (Å²) in [6.07, 6.45) is 2.02. The second kappa shape index (κ2) is 6.29. The summed E-state index contributed by atoms with van der Waals surface area (Å²) in [6, 6.07) is 0. The van der Waals surface area contributed by atoms with Crippen LogP contribution in [0.25, 0.3) is 0 Å². The molecule has 0 radical (unpaired) electrons. The third-order valence-electron chi connectivity index (χ3n) is 1.77. The maximum absolute atomic E-state index is 11.3. The van der Waals surface area contributed by atoms with Crippen LogP contribution in [0.15, 0.2) is 25.3 Å². The van der Waals surface area contributed by atoms with Crippen molar-refractivity contribution in [1.29, 1.82) is 0 Å². The van der Waals surface area contributed by atoms with Gasteiger partial charge < -0.3 is 0 Å². The van der Waals surface area contributed by atoms with Crippen molar-refractivity contribution in [1.82, 2.24) is 0 Å². The molecular weight excluding hydrogens is 216 g/mol. The maximum Gasteiger partial charge on any atom is 0.156 e. The first-order chi connectivity index (χ1) is 6.91. The topological polar surface area (TPSA) is 68.3 Å². The second-order valence-electron chi connectivity index (χ2n) is 2.99. The van der Waals surface area contributed by atoms with E-state index in [1.807, 2.05) is 0 Å². The number of carbonyl (C=O) groups is 2. The zero-order chi connectivity index (χ0) is 11.9. The Labute approximate surface area is 89.6 Å². The number of ketones is 2. The van der Waals surface area contributed by atoms with Crippen LogP contribution < -0.4 is 0 Å². The molecule has 0 saturated carbocycles. The van der Waals surface area contributed by atoms with E-state index in [1.165, 1.54) is 0 Å². The van der Waals surface area contributed by atoms with Gasteiger partial charge in [0.05, 0.1) is 11.5 Å². The minimum absolute atomic E-state index is 0.0753. The first kappa shape index (κ1) is 13.8. The van der Waals surface area contributed by atoms with Crippen LogP contribution in [0.5, 0.6) is 0 Å². The highest BCUT2D eigenvalue weighted by Crippen LogP contribution is 1.99. The van der Waals surface area contributed by atoms with Gasteiger partial charge in [0.25, 0.3) is 0 Å². The summed E-state index contributed by atoms with van der Waals surface area (Å²) in [5, 5.41) is 0. The summed E-state index contributed by atoms with van der Waals surface area (Å²) < 4.78 is 22.6. The normalized spacial score (nSPS) is 10.7. The summed E-state index contributed by atoms with van der Waals surface area (Å²) in [6.45, 7) is 6.47. The van der Waals surface area contributed by atoms with Crippen LogP contribution in [0.4, 0.5) is 0 Å². The molecule has 0 aromatic heterocycles. The van der Waals surface area contributed by atoms with Crippen molar-refractivity contribution < 1.29 is 18.0 Å². The highest BCUT2D eigenvalue weighted by molar-refractivity contribution is 7.91. The first-order valence-corrected chi connectivity index (χ1v) is 6.24. The van der Waals surface area contributed by atoms with Gasteiger partial charge in [-0.05, 0) is 12.2 Å². The molecule has 0 unspecified atom stereocenters. The molecule has 0 spiro atoms. The van der Waals surface area contributed by atoms with Crippen molar-refractivity contribution in [2.45, 2.75) is 12.8 Å². The van der Waals surface area contributed by atoms with E-state index in [-0.39, 0.29) is 35.9 Å². The average molecular weight is 230 g/mol. The number of carbonyl (C=O) groups excluding carboxylic acids is 2. The third kappa shape index (κ3) is 6.79. The van der Waals surface area contributed by atoms with Crippen LogP contribution >= 0.6 is 0 Å². The summed E-state index contributed by atoms with van der Waals surface area (Å²) in [5.74, 6) is -1.09. The molecule has 0 saturated heterocycles. The van der Waals surface area contributed by atoms with Crippen molar-refractivity contribution in [3.8, 4) is 0 Å². The Hall–Kier alpha value is -1.23. The smallest absolute Gasteiger partial charge is 0.156 e. The van der Waals surface area contributed by atoms with Crippen LogP contribution in [0, 0.1) is 0 Å². The zero-order valence-electron chi connectivity index (χ0n) is 8.44. The molecule has 4 nitrogen and oxygen atoms in total. The van der Waals surface area contributed by atoms with Crippen LogP contribution in [0.2, 0.25) is 0 Å². The fourth-order valence-corrected chi connectivity index (χ4v) is 2.05. The molecule has 0 aromatic carbocycles. The lowest BCUT2D eigenvalue weighted by Crippen LogP contribution is -2.15. The van der Waals surface area contributed by atoms with Gasteiger partial charge in [0.2, 0.25) is 0 Å². The number of rotatable bonds is 8. The van der Waals surface area contributed by atoms with E-state index < -0.39 is 9.84 Å². The molecule has 0 fully saturated rings. The van der Waals surface area contributed by atoms with E-state index in [1.54, 1.807) is 0 Å². The monoisotopic (exact) mass is 230 g/mol. The van der Waals surface area contributed by atoms with Gasteiger partial charge in [0.15, 0.2) is 21.4 Å². The number of hydrogen-bond donors (Lipinski definition) is 0. The molecule has 0 atom stereocenters. The molecule has 0 aliphatic carbocycles. The molecule has 0 rings (SSSR count). The van der Waals surface area contributed by atoms with Crippen LogP contribution in [-0.4, -0.2) is 31.5 Å². The summed E-state index contributed by atoms with van der Waals surface area (Å²) in [7, 11) is -3.33. The minimum Gasteiger partial charge on any atom is -0.295 e. The Bertz CT molecular complexity index is 335. The van der Waals surface area contributed by atoms with Crippen molar-refractivity contribution in [2.24, 2.45) is 0 Å². The number of sulfone groups is 1. The van der Waals surface area contributed by atoms with Crippen LogP contribution in [-0.2, 0) is 19.4 Å². The lowest BCUT2D eigenvalue weighted by Gasteiger charge is -2.00. The summed E-state index contributed by atoms with van der Waals surface area (Å²) in [5.41, 5.74) is 0. The van der Waals surface area contributed by atoms with Gasteiger partial charge in [-0.2, -0.15) is 0 Å². The highest BCUT2D eigenvalue weighted by atomic mass is 32.2. The van der Waals surface area contributed by atoms with Crippen LogP contribution in [0.3, 0.4) is 0 Å². The predicted octanol–water partition coefficient (Wildman–Crippen LogP) is 0.692. The van der Waals surface area contributed by atoms with E-state index in [9.17, 15) is 18.0 Å². The van der Waals surface area contributed by atoms with Crippen molar-refractivity contribution >= 4 is 21.4 Å². The third-order valence-corrected chi connectivity index (χ3v) is 3.43. The van der Waals surface area contributed by atoms with Crippen molar-refractivity contribution in [3.63, 3.8) is 0 Å². The molecule has 0 bridgehead atoms. The minimum atomic E-state index is -3.33. The SMILES string of the molecule is C=CC(=O)CCS(=O)(=O)CCC(=O)C=C. The molecular formula is C10H14O4S. The molecule has 5 heteroatoms. The highest BCUT2D eigenvalue weighted by Gasteiger charge is 2.13. The second-order valence-corrected chi connectivity index (χ2v) is 5.30. The average Bonchev–Trinajstić information content (AvgIpc) is 2.22. The molecule has 0 amide bonds.